The van der Waals surface area contributed by atoms with Gasteiger partial charge >= 0.3 is 0 Å². The lowest BCUT2D eigenvalue weighted by molar-refractivity contribution is 1.18. The van der Waals surface area contributed by atoms with Crippen LogP contribution in [0.5, 0.6) is 0 Å². The van der Waals surface area contributed by atoms with Gasteiger partial charge in [0.05, 0.1) is 22.1 Å². The fraction of sp³-hybridized carbons (Fsp3) is 0. The topological polar surface area (TPSA) is 9.86 Å². The van der Waals surface area contributed by atoms with E-state index in [2.05, 4.69) is 191 Å². The number of hydrogen-bond acceptors (Lipinski definition) is 1. The molecule has 0 atom stereocenters. The van der Waals surface area contributed by atoms with Gasteiger partial charge in [-0.25, -0.2) is 0 Å². The van der Waals surface area contributed by atoms with Crippen molar-refractivity contribution in [3.63, 3.8) is 0 Å². The second kappa shape index (κ2) is 11.0. The van der Waals surface area contributed by atoms with Crippen LogP contribution in [-0.2, 0) is 0 Å². The molecule has 11 rings (SSSR count). The molecule has 0 aliphatic carbocycles. The molecular formula is C48H30N2S. The van der Waals surface area contributed by atoms with E-state index < -0.39 is 0 Å². The molecule has 0 aliphatic rings. The van der Waals surface area contributed by atoms with Crippen molar-refractivity contribution in [1.29, 1.82) is 0 Å². The number of nitrogens with zero attached hydrogens (tertiary/aromatic N) is 2. The van der Waals surface area contributed by atoms with Crippen molar-refractivity contribution in [2.45, 2.75) is 0 Å². The summed E-state index contributed by atoms with van der Waals surface area (Å²) in [6.07, 6.45) is 0. The van der Waals surface area contributed by atoms with Gasteiger partial charge < -0.3 is 9.13 Å². The first-order chi connectivity index (χ1) is 25.3. The van der Waals surface area contributed by atoms with Crippen LogP contribution in [0.1, 0.15) is 0 Å². The summed E-state index contributed by atoms with van der Waals surface area (Å²) in [5.74, 6) is 0. The molecule has 11 aromatic rings. The highest BCUT2D eigenvalue weighted by Crippen LogP contribution is 2.41. The summed E-state index contributed by atoms with van der Waals surface area (Å²) in [7, 11) is 0. The van der Waals surface area contributed by atoms with Crippen LogP contribution in [0.15, 0.2) is 182 Å². The average molecular weight is 667 g/mol. The van der Waals surface area contributed by atoms with Gasteiger partial charge in [0, 0.05) is 53.1 Å². The summed E-state index contributed by atoms with van der Waals surface area (Å²) in [5.41, 5.74) is 12.2. The molecular weight excluding hydrogens is 637 g/mol. The molecule has 0 amide bonds. The van der Waals surface area contributed by atoms with Gasteiger partial charge in [0.2, 0.25) is 0 Å². The zero-order valence-electron chi connectivity index (χ0n) is 27.6. The number of benzene rings is 8. The maximum absolute atomic E-state index is 2.40. The third-order valence-corrected chi connectivity index (χ3v) is 11.7. The lowest BCUT2D eigenvalue weighted by Crippen LogP contribution is -1.92. The van der Waals surface area contributed by atoms with Crippen molar-refractivity contribution in [3.05, 3.63) is 182 Å². The van der Waals surface area contributed by atoms with Crippen LogP contribution < -0.4 is 0 Å². The van der Waals surface area contributed by atoms with Crippen LogP contribution in [0.4, 0.5) is 0 Å². The molecule has 0 bridgehead atoms. The van der Waals surface area contributed by atoms with Crippen molar-refractivity contribution < 1.29 is 0 Å². The Bertz CT molecular complexity index is 2910. The summed E-state index contributed by atoms with van der Waals surface area (Å²) in [4.78, 5) is 0. The second-order valence-corrected chi connectivity index (χ2v) is 14.4. The molecule has 238 valence electrons. The normalized spacial score (nSPS) is 11.9. The first-order valence-corrected chi connectivity index (χ1v) is 18.2. The SMILES string of the molecule is c1ccc(-n2c3ccccc3c3cc(-c4ccc5sc6ccc(-c7ccc8c(c7)c7ccccc7n8-c7ccccc7)cc6c5c4)ccc32)cc1. The second-order valence-electron chi connectivity index (χ2n) is 13.4. The Morgan fingerprint density at radius 3 is 1.08 bits per heavy atom. The van der Waals surface area contributed by atoms with Crippen molar-refractivity contribution >= 4 is 75.1 Å². The van der Waals surface area contributed by atoms with E-state index in [1.165, 1.54) is 97.4 Å². The van der Waals surface area contributed by atoms with Crippen molar-refractivity contribution in [2.75, 3.05) is 0 Å². The number of hydrogen-bond donors (Lipinski definition) is 0. The Balaban J connectivity index is 1.04. The van der Waals surface area contributed by atoms with Gasteiger partial charge in [-0.05, 0) is 107 Å². The summed E-state index contributed by atoms with van der Waals surface area (Å²) in [5, 5.41) is 7.70. The molecule has 0 saturated carbocycles. The van der Waals surface area contributed by atoms with Crippen LogP contribution in [-0.4, -0.2) is 9.13 Å². The van der Waals surface area contributed by atoms with E-state index >= 15 is 0 Å². The van der Waals surface area contributed by atoms with Crippen LogP contribution in [0.2, 0.25) is 0 Å². The fourth-order valence-electron chi connectivity index (χ4n) is 8.15. The van der Waals surface area contributed by atoms with E-state index in [1.54, 1.807) is 0 Å². The highest BCUT2D eigenvalue weighted by Gasteiger charge is 2.16. The van der Waals surface area contributed by atoms with Crippen LogP contribution >= 0.6 is 11.3 Å². The molecule has 3 heteroatoms. The summed E-state index contributed by atoms with van der Waals surface area (Å²) < 4.78 is 7.38. The first kappa shape index (κ1) is 28.4. The zero-order chi connectivity index (χ0) is 33.5. The molecule has 0 radical (unpaired) electrons. The van der Waals surface area contributed by atoms with Gasteiger partial charge in [-0.1, -0.05) is 97.1 Å². The minimum atomic E-state index is 1.18. The average Bonchev–Trinajstić information content (AvgIpc) is 3.85. The highest BCUT2D eigenvalue weighted by atomic mass is 32.1. The largest absolute Gasteiger partial charge is 0.309 e. The van der Waals surface area contributed by atoms with Crippen molar-refractivity contribution in [3.8, 4) is 33.6 Å². The van der Waals surface area contributed by atoms with E-state index in [-0.39, 0.29) is 0 Å². The molecule has 0 N–H and O–H groups in total. The van der Waals surface area contributed by atoms with Crippen molar-refractivity contribution in [1.82, 2.24) is 9.13 Å². The minimum Gasteiger partial charge on any atom is -0.309 e. The van der Waals surface area contributed by atoms with Crippen LogP contribution in [0.25, 0.3) is 97.4 Å². The Labute approximate surface area is 298 Å². The molecule has 0 aliphatic heterocycles. The zero-order valence-corrected chi connectivity index (χ0v) is 28.4. The standard InChI is InChI=1S/C48H30N2S/c1-3-11-35(12-4-1)49-43-17-9-7-15-37(43)39-27-31(19-23-45(39)49)33-21-25-47-41(29-33)42-30-34(22-26-48(42)51-47)32-20-24-46-40(28-32)38-16-8-10-18-44(38)50(46)36-13-5-2-6-14-36/h1-30H. The third kappa shape index (κ3) is 4.35. The van der Waals surface area contributed by atoms with Crippen molar-refractivity contribution in [2.24, 2.45) is 0 Å². The van der Waals surface area contributed by atoms with Gasteiger partial charge in [0.15, 0.2) is 0 Å². The van der Waals surface area contributed by atoms with E-state index in [0.717, 1.165) is 0 Å². The van der Waals surface area contributed by atoms with E-state index in [9.17, 15) is 0 Å². The molecule has 0 spiro atoms. The van der Waals surface area contributed by atoms with Gasteiger partial charge in [0.25, 0.3) is 0 Å². The predicted octanol–water partition coefficient (Wildman–Crippen LogP) is 13.6. The van der Waals surface area contributed by atoms with Crippen LogP contribution in [0.3, 0.4) is 0 Å². The predicted molar refractivity (Wildman–Crippen MR) is 219 cm³/mol. The van der Waals surface area contributed by atoms with Gasteiger partial charge in [0.1, 0.15) is 0 Å². The molecule has 0 unspecified atom stereocenters. The molecule has 8 aromatic carbocycles. The fourth-order valence-corrected chi connectivity index (χ4v) is 9.22. The van der Waals surface area contributed by atoms with Crippen LogP contribution in [0, 0.1) is 0 Å². The third-order valence-electron chi connectivity index (χ3n) is 10.5. The lowest BCUT2D eigenvalue weighted by Gasteiger charge is -2.08. The number of thiophene rings is 1. The highest BCUT2D eigenvalue weighted by molar-refractivity contribution is 7.25. The quantitative estimate of drug-likeness (QED) is 0.177. The molecule has 51 heavy (non-hydrogen) atoms. The number of rotatable bonds is 4. The minimum absolute atomic E-state index is 1.18. The molecule has 0 fully saturated rings. The van der Waals surface area contributed by atoms with E-state index in [0.29, 0.717) is 0 Å². The number of aromatic nitrogens is 2. The Morgan fingerprint density at radius 1 is 0.275 bits per heavy atom. The van der Waals surface area contributed by atoms with Gasteiger partial charge in [-0.2, -0.15) is 0 Å². The smallest absolute Gasteiger partial charge is 0.0541 e. The number of para-hydroxylation sites is 4. The molecule has 3 heterocycles. The summed E-state index contributed by atoms with van der Waals surface area (Å²) in [6, 6.07) is 66.7. The van der Waals surface area contributed by atoms with Gasteiger partial charge in [-0.3, -0.25) is 0 Å². The summed E-state index contributed by atoms with van der Waals surface area (Å²) >= 11 is 1.87. The van der Waals surface area contributed by atoms with Gasteiger partial charge in [-0.15, -0.1) is 11.3 Å². The Kier molecular flexibility index (Phi) is 6.16. The lowest BCUT2D eigenvalue weighted by atomic mass is 9.98. The summed E-state index contributed by atoms with van der Waals surface area (Å²) in [6.45, 7) is 0. The molecule has 2 nitrogen and oxygen atoms in total. The first-order valence-electron chi connectivity index (χ1n) is 17.4. The molecule has 0 saturated heterocycles. The van der Waals surface area contributed by atoms with E-state index in [4.69, 9.17) is 0 Å². The monoisotopic (exact) mass is 666 g/mol. The Hall–Kier alpha value is -6.42. The van der Waals surface area contributed by atoms with E-state index in [1.807, 2.05) is 11.3 Å². The maximum Gasteiger partial charge on any atom is 0.0541 e. The number of fused-ring (bicyclic) bond motifs is 9. The Morgan fingerprint density at radius 2 is 0.627 bits per heavy atom. The maximum atomic E-state index is 2.40. The molecule has 3 aromatic heterocycles.